The summed E-state index contributed by atoms with van der Waals surface area (Å²) in [5.74, 6) is 0.192. The molecule has 1 aromatic rings. The molecular weight excluding hydrogens is 248 g/mol. The molecule has 0 atom stereocenters. The number of hydrogen-bond donors (Lipinski definition) is 2. The number of hydrogen-bond acceptors (Lipinski definition) is 3. The van der Waals surface area contributed by atoms with E-state index in [0.717, 1.165) is 5.56 Å². The summed E-state index contributed by atoms with van der Waals surface area (Å²) in [6, 6.07) is 4.71. The first-order valence-corrected chi connectivity index (χ1v) is 5.46. The average Bonchev–Trinajstić information content (AvgIpc) is 2.24. The molecule has 7 heteroatoms. The van der Waals surface area contributed by atoms with Gasteiger partial charge in [-0.3, -0.25) is 0 Å². The van der Waals surface area contributed by atoms with Gasteiger partial charge in [0.1, 0.15) is 5.75 Å². The molecule has 0 aliphatic carbocycles. The van der Waals surface area contributed by atoms with Crippen molar-refractivity contribution >= 4 is 12.6 Å². The fourth-order valence-electron chi connectivity index (χ4n) is 1.46. The Morgan fingerprint density at radius 2 is 1.94 bits per heavy atom. The molecule has 100 valence electrons. The normalized spacial score (nSPS) is 11.4. The van der Waals surface area contributed by atoms with Crippen molar-refractivity contribution in [3.8, 4) is 5.75 Å². The van der Waals surface area contributed by atoms with Gasteiger partial charge >= 0.3 is 13.3 Å². The maximum absolute atomic E-state index is 11.9. The number of ether oxygens (including phenoxy) is 1. The fourth-order valence-corrected chi connectivity index (χ4v) is 1.46. The zero-order valence-corrected chi connectivity index (χ0v) is 9.87. The SMILES string of the molecule is Cc1ccc(OCCCC(F)(F)F)c(B(O)O)c1. The van der Waals surface area contributed by atoms with Crippen molar-refractivity contribution in [1.82, 2.24) is 0 Å². The lowest BCUT2D eigenvalue weighted by Gasteiger charge is -2.12. The molecule has 3 nitrogen and oxygen atoms in total. The van der Waals surface area contributed by atoms with E-state index >= 15 is 0 Å². The molecule has 0 spiro atoms. The highest BCUT2D eigenvalue weighted by Gasteiger charge is 2.26. The number of alkyl halides is 3. The lowest BCUT2D eigenvalue weighted by atomic mass is 9.79. The summed E-state index contributed by atoms with van der Waals surface area (Å²) in [4.78, 5) is 0. The van der Waals surface area contributed by atoms with Crippen LogP contribution in [0.3, 0.4) is 0 Å². The summed E-state index contributed by atoms with van der Waals surface area (Å²) in [7, 11) is -1.71. The third kappa shape index (κ3) is 4.97. The van der Waals surface area contributed by atoms with E-state index in [-0.39, 0.29) is 24.2 Å². The van der Waals surface area contributed by atoms with Crippen LogP contribution in [0.5, 0.6) is 5.75 Å². The van der Waals surface area contributed by atoms with Crippen molar-refractivity contribution in [3.63, 3.8) is 0 Å². The van der Waals surface area contributed by atoms with Crippen LogP contribution in [0.1, 0.15) is 18.4 Å². The smallest absolute Gasteiger partial charge is 0.492 e. The first kappa shape index (κ1) is 14.9. The number of rotatable bonds is 5. The van der Waals surface area contributed by atoms with Crippen LogP contribution in [0.4, 0.5) is 13.2 Å². The van der Waals surface area contributed by atoms with Gasteiger partial charge in [-0.25, -0.2) is 0 Å². The van der Waals surface area contributed by atoms with Crippen LogP contribution in [-0.4, -0.2) is 29.9 Å². The van der Waals surface area contributed by atoms with Gasteiger partial charge in [-0.2, -0.15) is 13.2 Å². The minimum Gasteiger partial charge on any atom is -0.494 e. The first-order chi connectivity index (χ1) is 8.29. The van der Waals surface area contributed by atoms with E-state index in [1.54, 1.807) is 13.0 Å². The molecule has 1 aromatic carbocycles. The van der Waals surface area contributed by atoms with E-state index in [0.29, 0.717) is 0 Å². The van der Waals surface area contributed by atoms with Crippen molar-refractivity contribution < 1.29 is 28.0 Å². The monoisotopic (exact) mass is 262 g/mol. The molecular formula is C11H14BF3O3. The van der Waals surface area contributed by atoms with Gasteiger partial charge in [-0.05, 0) is 19.4 Å². The number of aryl methyl sites for hydroxylation is 1. The van der Waals surface area contributed by atoms with E-state index in [1.165, 1.54) is 12.1 Å². The Labute approximate surface area is 103 Å². The van der Waals surface area contributed by atoms with Gasteiger partial charge in [0, 0.05) is 11.9 Å². The Morgan fingerprint density at radius 1 is 1.28 bits per heavy atom. The molecule has 0 saturated heterocycles. The fraction of sp³-hybridized carbons (Fsp3) is 0.455. The highest BCUT2D eigenvalue weighted by Crippen LogP contribution is 2.21. The van der Waals surface area contributed by atoms with Gasteiger partial charge in [0.05, 0.1) is 6.61 Å². The highest BCUT2D eigenvalue weighted by molar-refractivity contribution is 6.59. The summed E-state index contributed by atoms with van der Waals surface area (Å²) in [5.41, 5.74) is 0.961. The lowest BCUT2D eigenvalue weighted by molar-refractivity contribution is -0.136. The summed E-state index contributed by atoms with van der Waals surface area (Å²) in [5, 5.41) is 18.2. The van der Waals surface area contributed by atoms with Crippen molar-refractivity contribution in [2.75, 3.05) is 6.61 Å². The molecule has 0 amide bonds. The van der Waals surface area contributed by atoms with Crippen molar-refractivity contribution in [3.05, 3.63) is 23.8 Å². The van der Waals surface area contributed by atoms with Gasteiger partial charge in [-0.15, -0.1) is 0 Å². The van der Waals surface area contributed by atoms with Gasteiger partial charge in [0.2, 0.25) is 0 Å². The third-order valence-electron chi connectivity index (χ3n) is 2.31. The summed E-state index contributed by atoms with van der Waals surface area (Å²) in [6.07, 6.45) is -5.29. The Bertz CT molecular complexity index is 394. The van der Waals surface area contributed by atoms with Crippen molar-refractivity contribution in [1.29, 1.82) is 0 Å². The quantitative estimate of drug-likeness (QED) is 0.622. The predicted molar refractivity (Wildman–Crippen MR) is 61.8 cm³/mol. The Balaban J connectivity index is 2.57. The van der Waals surface area contributed by atoms with Crippen LogP contribution in [0, 0.1) is 6.92 Å². The Hall–Kier alpha value is -1.21. The van der Waals surface area contributed by atoms with Gasteiger partial charge < -0.3 is 14.8 Å². The molecule has 0 aliphatic rings. The van der Waals surface area contributed by atoms with Crippen LogP contribution < -0.4 is 10.2 Å². The average molecular weight is 262 g/mol. The minimum atomic E-state index is -4.20. The van der Waals surface area contributed by atoms with Crippen LogP contribution in [0.15, 0.2) is 18.2 Å². The topological polar surface area (TPSA) is 49.7 Å². The molecule has 0 radical (unpaired) electrons. The summed E-state index contributed by atoms with van der Waals surface area (Å²) < 4.78 is 40.8. The van der Waals surface area contributed by atoms with E-state index in [1.807, 2.05) is 0 Å². The molecule has 0 unspecified atom stereocenters. The predicted octanol–water partition coefficient (Wildman–Crippen LogP) is 1.40. The van der Waals surface area contributed by atoms with Gasteiger partial charge in [-0.1, -0.05) is 17.7 Å². The Morgan fingerprint density at radius 3 is 2.50 bits per heavy atom. The van der Waals surface area contributed by atoms with E-state index in [2.05, 4.69) is 0 Å². The lowest BCUT2D eigenvalue weighted by Crippen LogP contribution is -2.31. The molecule has 0 aromatic heterocycles. The van der Waals surface area contributed by atoms with E-state index in [4.69, 9.17) is 14.8 Å². The van der Waals surface area contributed by atoms with Crippen LogP contribution in [0.25, 0.3) is 0 Å². The van der Waals surface area contributed by atoms with Crippen LogP contribution in [-0.2, 0) is 0 Å². The second-order valence-electron chi connectivity index (χ2n) is 3.98. The van der Waals surface area contributed by atoms with Crippen LogP contribution in [0.2, 0.25) is 0 Å². The number of halogens is 3. The molecule has 0 saturated carbocycles. The van der Waals surface area contributed by atoms with Crippen LogP contribution >= 0.6 is 0 Å². The maximum Gasteiger partial charge on any atom is 0.492 e. The molecule has 0 bridgehead atoms. The standard InChI is InChI=1S/C11H14BF3O3/c1-8-3-4-10(9(7-8)12(16)17)18-6-2-5-11(13,14)15/h3-4,7,16-17H,2,5-6H2,1H3. The molecule has 0 aliphatic heterocycles. The summed E-state index contributed by atoms with van der Waals surface area (Å²) >= 11 is 0. The highest BCUT2D eigenvalue weighted by atomic mass is 19.4. The zero-order valence-electron chi connectivity index (χ0n) is 9.87. The molecule has 1 rings (SSSR count). The molecule has 2 N–H and O–H groups in total. The maximum atomic E-state index is 11.9. The molecule has 0 fully saturated rings. The molecule has 0 heterocycles. The summed E-state index contributed by atoms with van der Waals surface area (Å²) in [6.45, 7) is 1.64. The van der Waals surface area contributed by atoms with Gasteiger partial charge in [0.25, 0.3) is 0 Å². The largest absolute Gasteiger partial charge is 0.494 e. The second-order valence-corrected chi connectivity index (χ2v) is 3.98. The first-order valence-electron chi connectivity index (χ1n) is 5.46. The third-order valence-corrected chi connectivity index (χ3v) is 2.31. The Kier molecular flexibility index (Phi) is 5.04. The van der Waals surface area contributed by atoms with Crippen molar-refractivity contribution in [2.24, 2.45) is 0 Å². The number of benzene rings is 1. The minimum absolute atomic E-state index is 0.123. The van der Waals surface area contributed by atoms with Gasteiger partial charge in [0.15, 0.2) is 0 Å². The second kappa shape index (κ2) is 6.11. The van der Waals surface area contributed by atoms with E-state index in [9.17, 15) is 13.2 Å². The molecule has 18 heavy (non-hydrogen) atoms. The van der Waals surface area contributed by atoms with Crippen molar-refractivity contribution in [2.45, 2.75) is 25.9 Å². The van der Waals surface area contributed by atoms with E-state index < -0.39 is 19.7 Å². The zero-order chi connectivity index (χ0) is 13.8.